The molecule has 2 aromatic heterocycles. The smallest absolute Gasteiger partial charge is 0.152 e. The number of anilines is 1. The first-order chi connectivity index (χ1) is 8.52. The Labute approximate surface area is 107 Å². The number of hydrogen-bond donors (Lipinski definition) is 2. The van der Waals surface area contributed by atoms with Crippen molar-refractivity contribution in [1.82, 2.24) is 14.6 Å². The van der Waals surface area contributed by atoms with Gasteiger partial charge in [0.1, 0.15) is 5.52 Å². The van der Waals surface area contributed by atoms with E-state index >= 15 is 0 Å². The van der Waals surface area contributed by atoms with Gasteiger partial charge in [-0.15, -0.1) is 0 Å². The zero-order chi connectivity index (χ0) is 13.2. The average Bonchev–Trinajstić information content (AvgIpc) is 2.73. The Morgan fingerprint density at radius 1 is 1.39 bits per heavy atom. The van der Waals surface area contributed by atoms with Gasteiger partial charge in [0.25, 0.3) is 0 Å². The summed E-state index contributed by atoms with van der Waals surface area (Å²) in [6, 6.07) is 2.10. The maximum Gasteiger partial charge on any atom is 0.152 e. The highest BCUT2D eigenvalue weighted by Crippen LogP contribution is 2.24. The van der Waals surface area contributed by atoms with Gasteiger partial charge in [-0.2, -0.15) is 5.10 Å². The van der Waals surface area contributed by atoms with Crippen LogP contribution >= 0.6 is 0 Å². The summed E-state index contributed by atoms with van der Waals surface area (Å²) >= 11 is 0. The topological polar surface area (TPSA) is 68.2 Å². The van der Waals surface area contributed by atoms with E-state index in [2.05, 4.69) is 42.2 Å². The molecule has 18 heavy (non-hydrogen) atoms. The van der Waals surface area contributed by atoms with Crippen molar-refractivity contribution in [3.8, 4) is 0 Å². The molecule has 2 rings (SSSR count). The van der Waals surface area contributed by atoms with Gasteiger partial charge in [-0.1, -0.05) is 20.8 Å². The van der Waals surface area contributed by atoms with Gasteiger partial charge in [-0.25, -0.2) is 9.50 Å². The van der Waals surface area contributed by atoms with E-state index in [-0.39, 0.29) is 5.41 Å². The van der Waals surface area contributed by atoms with Crippen LogP contribution in [0.15, 0.2) is 18.5 Å². The molecule has 0 fully saturated rings. The second-order valence-corrected chi connectivity index (χ2v) is 5.45. The minimum atomic E-state index is 0.0422. The highest BCUT2D eigenvalue weighted by atomic mass is 15.2. The standard InChI is InChI=1S/C13H21N5/c1-13(2,3)11-9-10-12(15-6-4-5-14)16-7-8-18(10)17-11/h7-9H,4-6,14H2,1-3H3,(H,15,16). The molecule has 0 aromatic carbocycles. The minimum Gasteiger partial charge on any atom is -0.368 e. The molecule has 0 amide bonds. The number of rotatable bonds is 4. The summed E-state index contributed by atoms with van der Waals surface area (Å²) < 4.78 is 1.87. The monoisotopic (exact) mass is 247 g/mol. The molecule has 0 bridgehead atoms. The predicted molar refractivity (Wildman–Crippen MR) is 73.8 cm³/mol. The fourth-order valence-corrected chi connectivity index (χ4v) is 1.73. The van der Waals surface area contributed by atoms with E-state index in [0.29, 0.717) is 6.54 Å². The molecule has 0 spiro atoms. The first kappa shape index (κ1) is 12.8. The molecule has 2 aromatic rings. The van der Waals surface area contributed by atoms with E-state index in [9.17, 15) is 0 Å². The Hall–Kier alpha value is -1.62. The second-order valence-electron chi connectivity index (χ2n) is 5.45. The number of nitrogens with two attached hydrogens (primary N) is 1. The molecule has 3 N–H and O–H groups in total. The van der Waals surface area contributed by atoms with Crippen molar-refractivity contribution in [1.29, 1.82) is 0 Å². The summed E-state index contributed by atoms with van der Waals surface area (Å²) in [4.78, 5) is 4.36. The summed E-state index contributed by atoms with van der Waals surface area (Å²) in [5.41, 5.74) is 7.61. The van der Waals surface area contributed by atoms with Gasteiger partial charge in [0.05, 0.1) is 5.69 Å². The Bertz CT molecular complexity index is 524. The van der Waals surface area contributed by atoms with Gasteiger partial charge in [-0.05, 0) is 19.0 Å². The normalized spacial score (nSPS) is 12.0. The van der Waals surface area contributed by atoms with Crippen LogP contribution in [0, 0.1) is 0 Å². The predicted octanol–water partition coefficient (Wildman–Crippen LogP) is 1.79. The quantitative estimate of drug-likeness (QED) is 0.808. The number of nitrogens with zero attached hydrogens (tertiary/aromatic N) is 3. The molecule has 0 aliphatic carbocycles. The fraction of sp³-hybridized carbons (Fsp3) is 0.538. The van der Waals surface area contributed by atoms with E-state index in [0.717, 1.165) is 30.0 Å². The number of aromatic nitrogens is 3. The van der Waals surface area contributed by atoms with Gasteiger partial charge in [0.15, 0.2) is 5.82 Å². The van der Waals surface area contributed by atoms with Crippen LogP contribution in [0.2, 0.25) is 0 Å². The molecule has 0 atom stereocenters. The van der Waals surface area contributed by atoms with E-state index < -0.39 is 0 Å². The molecule has 0 aliphatic heterocycles. The van der Waals surface area contributed by atoms with Crippen LogP contribution in [0.4, 0.5) is 5.82 Å². The lowest BCUT2D eigenvalue weighted by atomic mass is 9.92. The van der Waals surface area contributed by atoms with Crippen LogP contribution < -0.4 is 11.1 Å². The van der Waals surface area contributed by atoms with Crippen molar-refractivity contribution < 1.29 is 0 Å². The number of nitrogens with one attached hydrogen (secondary N) is 1. The lowest BCUT2D eigenvalue weighted by Crippen LogP contribution is -2.11. The molecule has 98 valence electrons. The van der Waals surface area contributed by atoms with E-state index in [4.69, 9.17) is 5.73 Å². The lowest BCUT2D eigenvalue weighted by Gasteiger charge is -2.13. The molecule has 0 radical (unpaired) electrons. The first-order valence-electron chi connectivity index (χ1n) is 6.31. The molecule has 0 saturated heterocycles. The largest absolute Gasteiger partial charge is 0.368 e. The molecule has 0 unspecified atom stereocenters. The molecular weight excluding hydrogens is 226 g/mol. The maximum absolute atomic E-state index is 5.49. The fourth-order valence-electron chi connectivity index (χ4n) is 1.73. The Morgan fingerprint density at radius 3 is 2.83 bits per heavy atom. The summed E-state index contributed by atoms with van der Waals surface area (Å²) in [6.07, 6.45) is 4.57. The zero-order valence-electron chi connectivity index (χ0n) is 11.3. The molecule has 5 heteroatoms. The third-order valence-corrected chi connectivity index (χ3v) is 2.83. The Kier molecular flexibility index (Phi) is 3.52. The van der Waals surface area contributed by atoms with Crippen molar-refractivity contribution in [2.45, 2.75) is 32.6 Å². The van der Waals surface area contributed by atoms with Gasteiger partial charge < -0.3 is 11.1 Å². The van der Waals surface area contributed by atoms with Crippen molar-refractivity contribution in [3.05, 3.63) is 24.2 Å². The third kappa shape index (κ3) is 2.61. The molecule has 2 heterocycles. The van der Waals surface area contributed by atoms with Gasteiger partial charge in [-0.3, -0.25) is 0 Å². The van der Waals surface area contributed by atoms with E-state index in [1.165, 1.54) is 0 Å². The molecule has 0 saturated carbocycles. The van der Waals surface area contributed by atoms with Gasteiger partial charge in [0, 0.05) is 24.4 Å². The third-order valence-electron chi connectivity index (χ3n) is 2.83. The van der Waals surface area contributed by atoms with Crippen LogP contribution in [0.3, 0.4) is 0 Å². The first-order valence-corrected chi connectivity index (χ1v) is 6.31. The minimum absolute atomic E-state index is 0.0422. The molecule has 0 aliphatic rings. The summed E-state index contributed by atoms with van der Waals surface area (Å²) in [5, 5.41) is 7.89. The second kappa shape index (κ2) is 4.94. The van der Waals surface area contributed by atoms with Gasteiger partial charge in [0.2, 0.25) is 0 Å². The highest BCUT2D eigenvalue weighted by Gasteiger charge is 2.18. The van der Waals surface area contributed by atoms with Crippen molar-refractivity contribution >= 4 is 11.3 Å². The SMILES string of the molecule is CC(C)(C)c1cc2c(NCCCN)nccn2n1. The number of hydrogen-bond acceptors (Lipinski definition) is 4. The number of fused-ring (bicyclic) bond motifs is 1. The van der Waals surface area contributed by atoms with Crippen molar-refractivity contribution in [2.75, 3.05) is 18.4 Å². The van der Waals surface area contributed by atoms with Crippen molar-refractivity contribution in [2.24, 2.45) is 5.73 Å². The molecular formula is C13H21N5. The maximum atomic E-state index is 5.49. The Balaban J connectivity index is 2.33. The Morgan fingerprint density at radius 2 is 2.17 bits per heavy atom. The molecule has 5 nitrogen and oxygen atoms in total. The summed E-state index contributed by atoms with van der Waals surface area (Å²) in [6.45, 7) is 7.99. The van der Waals surface area contributed by atoms with Crippen LogP contribution in [0.25, 0.3) is 5.52 Å². The van der Waals surface area contributed by atoms with Crippen LogP contribution in [-0.2, 0) is 5.41 Å². The van der Waals surface area contributed by atoms with Crippen LogP contribution in [0.5, 0.6) is 0 Å². The highest BCUT2D eigenvalue weighted by molar-refractivity contribution is 5.68. The van der Waals surface area contributed by atoms with Crippen molar-refractivity contribution in [3.63, 3.8) is 0 Å². The van der Waals surface area contributed by atoms with E-state index in [1.807, 2.05) is 10.7 Å². The zero-order valence-corrected chi connectivity index (χ0v) is 11.3. The van der Waals surface area contributed by atoms with Gasteiger partial charge >= 0.3 is 0 Å². The summed E-state index contributed by atoms with van der Waals surface area (Å²) in [7, 11) is 0. The van der Waals surface area contributed by atoms with Crippen LogP contribution in [0.1, 0.15) is 32.9 Å². The average molecular weight is 247 g/mol. The summed E-state index contributed by atoms with van der Waals surface area (Å²) in [5.74, 6) is 0.869. The van der Waals surface area contributed by atoms with Crippen LogP contribution in [-0.4, -0.2) is 27.7 Å². The van der Waals surface area contributed by atoms with E-state index in [1.54, 1.807) is 6.20 Å². The lowest BCUT2D eigenvalue weighted by molar-refractivity contribution is 0.562.